The van der Waals surface area contributed by atoms with Gasteiger partial charge in [-0.25, -0.2) is 4.98 Å². The highest BCUT2D eigenvalue weighted by atomic mass is 35.5. The first-order valence-electron chi connectivity index (χ1n) is 8.17. The summed E-state index contributed by atoms with van der Waals surface area (Å²) < 4.78 is 2.14. The van der Waals surface area contributed by atoms with E-state index in [9.17, 15) is 0 Å². The summed E-state index contributed by atoms with van der Waals surface area (Å²) in [5.74, 6) is 0. The van der Waals surface area contributed by atoms with Gasteiger partial charge in [-0.2, -0.15) is 0 Å². The smallest absolute Gasteiger partial charge is 0.121 e. The highest BCUT2D eigenvalue weighted by Crippen LogP contribution is 2.41. The van der Waals surface area contributed by atoms with E-state index in [0.717, 1.165) is 16.7 Å². The number of rotatable bonds is 4. The monoisotopic (exact) mass is 344 g/mol. The van der Waals surface area contributed by atoms with Crippen LogP contribution in [-0.2, 0) is 5.54 Å². The summed E-state index contributed by atoms with van der Waals surface area (Å²) in [6, 6.07) is 29.0. The second kappa shape index (κ2) is 6.58. The lowest BCUT2D eigenvalue weighted by Crippen LogP contribution is -2.36. The van der Waals surface area contributed by atoms with E-state index >= 15 is 0 Å². The number of benzene rings is 3. The molecule has 0 unspecified atom stereocenters. The molecule has 3 heteroatoms. The van der Waals surface area contributed by atoms with Crippen LogP contribution >= 0.6 is 11.6 Å². The Hall–Kier alpha value is -2.84. The molecule has 0 spiro atoms. The summed E-state index contributed by atoms with van der Waals surface area (Å²) >= 11 is 6.36. The molecule has 4 rings (SSSR count). The van der Waals surface area contributed by atoms with Crippen LogP contribution in [-0.4, -0.2) is 9.55 Å². The van der Waals surface area contributed by atoms with Crippen LogP contribution < -0.4 is 0 Å². The van der Waals surface area contributed by atoms with Crippen LogP contribution in [0.25, 0.3) is 0 Å². The second-order valence-corrected chi connectivity index (χ2v) is 6.36. The second-order valence-electron chi connectivity index (χ2n) is 5.92. The molecular weight excluding hydrogens is 328 g/mol. The summed E-state index contributed by atoms with van der Waals surface area (Å²) in [4.78, 5) is 4.32. The van der Waals surface area contributed by atoms with Gasteiger partial charge in [0.1, 0.15) is 5.54 Å². The predicted molar refractivity (Wildman–Crippen MR) is 102 cm³/mol. The summed E-state index contributed by atoms with van der Waals surface area (Å²) in [7, 11) is 0. The van der Waals surface area contributed by atoms with Crippen molar-refractivity contribution in [2.75, 3.05) is 0 Å². The summed E-state index contributed by atoms with van der Waals surface area (Å²) in [6.45, 7) is 0. The van der Waals surface area contributed by atoms with Gasteiger partial charge in [0.25, 0.3) is 0 Å². The van der Waals surface area contributed by atoms with Crippen molar-refractivity contribution in [3.8, 4) is 0 Å². The van der Waals surface area contributed by atoms with E-state index in [2.05, 4.69) is 64.1 Å². The lowest BCUT2D eigenvalue weighted by molar-refractivity contribution is 0.514. The van der Waals surface area contributed by atoms with Crippen molar-refractivity contribution in [2.24, 2.45) is 0 Å². The number of aromatic nitrogens is 2. The Morgan fingerprint density at radius 2 is 1.32 bits per heavy atom. The molecule has 0 bridgehead atoms. The van der Waals surface area contributed by atoms with Crippen LogP contribution in [0.4, 0.5) is 0 Å². The number of hydrogen-bond donors (Lipinski definition) is 0. The highest BCUT2D eigenvalue weighted by Gasteiger charge is 2.38. The van der Waals surface area contributed by atoms with E-state index in [4.69, 9.17) is 11.6 Å². The Labute approximate surface area is 152 Å². The predicted octanol–water partition coefficient (Wildman–Crippen LogP) is 5.38. The van der Waals surface area contributed by atoms with Crippen LogP contribution in [0.15, 0.2) is 104 Å². The Kier molecular flexibility index (Phi) is 4.12. The number of hydrogen-bond acceptors (Lipinski definition) is 1. The molecule has 0 radical (unpaired) electrons. The van der Waals surface area contributed by atoms with Gasteiger partial charge in [-0.05, 0) is 28.8 Å². The molecule has 0 N–H and O–H groups in total. The third-order valence-electron chi connectivity index (χ3n) is 4.52. The summed E-state index contributed by atoms with van der Waals surface area (Å²) in [5, 5.41) is 0.717. The average Bonchev–Trinajstić information content (AvgIpc) is 3.19. The van der Waals surface area contributed by atoms with E-state index in [0.29, 0.717) is 5.02 Å². The number of imidazole rings is 1. The number of nitrogens with zero attached hydrogens (tertiary/aromatic N) is 2. The molecule has 25 heavy (non-hydrogen) atoms. The van der Waals surface area contributed by atoms with Gasteiger partial charge in [0.2, 0.25) is 0 Å². The topological polar surface area (TPSA) is 17.8 Å². The van der Waals surface area contributed by atoms with Gasteiger partial charge in [-0.3, -0.25) is 0 Å². The first kappa shape index (κ1) is 15.7. The van der Waals surface area contributed by atoms with E-state index < -0.39 is 5.54 Å². The third-order valence-corrected chi connectivity index (χ3v) is 4.75. The fourth-order valence-electron chi connectivity index (χ4n) is 3.48. The SMILES string of the molecule is Clc1cccc(C(c2ccccc2)(c2ccccc2)n2ccnc2)c1. The minimum absolute atomic E-state index is 0.538. The van der Waals surface area contributed by atoms with Crippen LogP contribution in [0.1, 0.15) is 16.7 Å². The molecule has 0 aliphatic heterocycles. The Balaban J connectivity index is 2.13. The van der Waals surface area contributed by atoms with E-state index in [1.807, 2.05) is 49.1 Å². The molecule has 2 nitrogen and oxygen atoms in total. The molecule has 1 heterocycles. The van der Waals surface area contributed by atoms with Crippen LogP contribution in [0, 0.1) is 0 Å². The van der Waals surface area contributed by atoms with Gasteiger partial charge >= 0.3 is 0 Å². The minimum Gasteiger partial charge on any atom is -0.319 e. The van der Waals surface area contributed by atoms with Crippen molar-refractivity contribution in [2.45, 2.75) is 5.54 Å². The molecule has 0 amide bonds. The molecule has 1 aromatic heterocycles. The largest absolute Gasteiger partial charge is 0.319 e. The normalized spacial score (nSPS) is 11.4. The van der Waals surface area contributed by atoms with Crippen LogP contribution in [0.5, 0.6) is 0 Å². The lowest BCUT2D eigenvalue weighted by Gasteiger charge is -2.37. The van der Waals surface area contributed by atoms with Gasteiger partial charge in [0.05, 0.1) is 6.33 Å². The van der Waals surface area contributed by atoms with Gasteiger partial charge in [0, 0.05) is 17.4 Å². The lowest BCUT2D eigenvalue weighted by atomic mass is 9.77. The van der Waals surface area contributed by atoms with Crippen molar-refractivity contribution >= 4 is 11.6 Å². The summed E-state index contributed by atoms with van der Waals surface area (Å²) in [6.07, 6.45) is 5.67. The molecule has 122 valence electrons. The fourth-order valence-corrected chi connectivity index (χ4v) is 3.67. The van der Waals surface area contributed by atoms with Gasteiger partial charge in [0.15, 0.2) is 0 Å². The van der Waals surface area contributed by atoms with E-state index in [1.165, 1.54) is 0 Å². The van der Waals surface area contributed by atoms with E-state index in [-0.39, 0.29) is 0 Å². The first-order chi connectivity index (χ1) is 12.3. The molecule has 0 fully saturated rings. The van der Waals surface area contributed by atoms with Gasteiger partial charge < -0.3 is 4.57 Å². The van der Waals surface area contributed by atoms with Crippen molar-refractivity contribution in [1.82, 2.24) is 9.55 Å². The average molecular weight is 345 g/mol. The maximum atomic E-state index is 6.36. The standard InChI is InChI=1S/C22H17ClN2/c23-21-13-7-12-20(16-21)22(25-15-14-24-17-25,18-8-3-1-4-9-18)19-10-5-2-6-11-19/h1-17H. The third kappa shape index (κ3) is 2.65. The Morgan fingerprint density at radius 3 is 1.84 bits per heavy atom. The van der Waals surface area contributed by atoms with Crippen molar-refractivity contribution < 1.29 is 0 Å². The first-order valence-corrected chi connectivity index (χ1v) is 8.55. The zero-order valence-electron chi connectivity index (χ0n) is 13.6. The molecule has 0 saturated heterocycles. The zero-order valence-corrected chi connectivity index (χ0v) is 14.3. The molecule has 0 atom stereocenters. The molecule has 0 saturated carbocycles. The summed E-state index contributed by atoms with van der Waals surface area (Å²) in [5.41, 5.74) is 2.86. The molecule has 0 aliphatic carbocycles. The van der Waals surface area contributed by atoms with Crippen molar-refractivity contribution in [3.05, 3.63) is 125 Å². The van der Waals surface area contributed by atoms with Crippen molar-refractivity contribution in [1.29, 1.82) is 0 Å². The van der Waals surface area contributed by atoms with Gasteiger partial charge in [-0.15, -0.1) is 0 Å². The van der Waals surface area contributed by atoms with E-state index in [1.54, 1.807) is 0 Å². The maximum Gasteiger partial charge on any atom is 0.121 e. The maximum absolute atomic E-state index is 6.36. The van der Waals surface area contributed by atoms with Crippen LogP contribution in [0.2, 0.25) is 5.02 Å². The van der Waals surface area contributed by atoms with Crippen molar-refractivity contribution in [3.63, 3.8) is 0 Å². The number of halogens is 1. The molecule has 3 aromatic carbocycles. The zero-order chi connectivity index (χ0) is 17.1. The van der Waals surface area contributed by atoms with Gasteiger partial charge in [-0.1, -0.05) is 84.4 Å². The molecular formula is C22H17ClN2. The molecule has 0 aliphatic rings. The highest BCUT2D eigenvalue weighted by molar-refractivity contribution is 6.30. The van der Waals surface area contributed by atoms with Crippen LogP contribution in [0.3, 0.4) is 0 Å². The Bertz CT molecular complexity index is 908. The quantitative estimate of drug-likeness (QED) is 0.455. The minimum atomic E-state index is -0.538. The fraction of sp³-hybridized carbons (Fsp3) is 0.0455. The molecule has 4 aromatic rings. The Morgan fingerprint density at radius 1 is 0.720 bits per heavy atom.